The average molecular weight is 424 g/mol. The second kappa shape index (κ2) is 7.57. The van der Waals surface area contributed by atoms with Gasteiger partial charge in [-0.1, -0.05) is 12.1 Å². The molecule has 1 aliphatic rings. The third-order valence-electron chi connectivity index (χ3n) is 6.31. The smallest absolute Gasteiger partial charge is 0.234 e. The second-order valence-corrected chi connectivity index (χ2v) is 8.54. The van der Waals surface area contributed by atoms with Crippen molar-refractivity contribution in [1.29, 1.82) is 0 Å². The van der Waals surface area contributed by atoms with Crippen molar-refractivity contribution in [3.8, 4) is 22.6 Å². The number of nitrogens with zero attached hydrogens (tertiary/aromatic N) is 5. The number of rotatable bonds is 3. The molecule has 160 valence electrons. The van der Waals surface area contributed by atoms with E-state index < -0.39 is 0 Å². The second-order valence-electron chi connectivity index (χ2n) is 8.54. The summed E-state index contributed by atoms with van der Waals surface area (Å²) in [5, 5.41) is 1.23. The highest BCUT2D eigenvalue weighted by molar-refractivity contribution is 5.91. The summed E-state index contributed by atoms with van der Waals surface area (Å²) in [6.45, 7) is 5.01. The Morgan fingerprint density at radius 2 is 1.97 bits per heavy atom. The van der Waals surface area contributed by atoms with Crippen LogP contribution in [0.2, 0.25) is 0 Å². The largest absolute Gasteiger partial charge is 0.358 e. The number of fused-ring (bicyclic) bond motifs is 2. The topological polar surface area (TPSA) is 57.2 Å². The molecule has 0 spiro atoms. The number of aryl methyl sites for hydroxylation is 2. The van der Waals surface area contributed by atoms with Gasteiger partial charge in [-0.15, -0.1) is 0 Å². The molecule has 5 aromatic rings. The average Bonchev–Trinajstić information content (AvgIpc) is 3.37. The standard InChI is InChI=1S/C26H25N5O/c1-17-16-31(23-9-3-4-14-32-23)22-11-10-19(15-20(17)22)25-24(21-8-5-7-18(2)28-21)29-26-27-12-6-13-30(25)26/h5-8,10-13,15-16,23H,3-4,9,14H2,1-2H3. The number of benzene rings is 1. The Balaban J connectivity index is 1.55. The van der Waals surface area contributed by atoms with Crippen molar-refractivity contribution < 1.29 is 4.74 Å². The molecule has 6 heteroatoms. The first-order valence-corrected chi connectivity index (χ1v) is 11.2. The summed E-state index contributed by atoms with van der Waals surface area (Å²) < 4.78 is 10.4. The minimum Gasteiger partial charge on any atom is -0.358 e. The number of hydrogen-bond acceptors (Lipinski definition) is 4. The molecular weight excluding hydrogens is 398 g/mol. The predicted octanol–water partition coefficient (Wildman–Crippen LogP) is 5.73. The van der Waals surface area contributed by atoms with Gasteiger partial charge in [0.05, 0.1) is 16.9 Å². The van der Waals surface area contributed by atoms with Crippen molar-refractivity contribution >= 4 is 16.7 Å². The third kappa shape index (κ3) is 3.10. The summed E-state index contributed by atoms with van der Waals surface area (Å²) >= 11 is 0. The molecule has 1 aromatic carbocycles. The van der Waals surface area contributed by atoms with Crippen LogP contribution in [0, 0.1) is 13.8 Å². The zero-order valence-electron chi connectivity index (χ0n) is 18.3. The maximum atomic E-state index is 6.07. The molecule has 1 aliphatic heterocycles. The van der Waals surface area contributed by atoms with Crippen LogP contribution in [0.1, 0.15) is 36.7 Å². The Labute approximate surface area is 186 Å². The number of imidazole rings is 1. The van der Waals surface area contributed by atoms with Gasteiger partial charge < -0.3 is 9.30 Å². The molecule has 5 heterocycles. The molecule has 32 heavy (non-hydrogen) atoms. The monoisotopic (exact) mass is 423 g/mol. The highest BCUT2D eigenvalue weighted by Crippen LogP contribution is 2.36. The molecule has 0 saturated carbocycles. The van der Waals surface area contributed by atoms with Crippen LogP contribution in [-0.4, -0.2) is 30.5 Å². The maximum Gasteiger partial charge on any atom is 0.234 e. The number of hydrogen-bond donors (Lipinski definition) is 0. The van der Waals surface area contributed by atoms with Gasteiger partial charge in [0.25, 0.3) is 0 Å². The molecule has 4 aromatic heterocycles. The van der Waals surface area contributed by atoms with E-state index in [2.05, 4.69) is 45.3 Å². The highest BCUT2D eigenvalue weighted by Gasteiger charge is 2.21. The van der Waals surface area contributed by atoms with E-state index in [9.17, 15) is 0 Å². The van der Waals surface area contributed by atoms with E-state index in [1.807, 2.05) is 37.4 Å². The quantitative estimate of drug-likeness (QED) is 0.372. The molecule has 6 nitrogen and oxygen atoms in total. The molecule has 0 bridgehead atoms. The molecule has 0 amide bonds. The Morgan fingerprint density at radius 3 is 2.81 bits per heavy atom. The molecule has 0 N–H and O–H groups in total. The molecular formula is C26H25N5O. The summed E-state index contributed by atoms with van der Waals surface area (Å²) in [4.78, 5) is 14.1. The molecule has 0 aliphatic carbocycles. The lowest BCUT2D eigenvalue weighted by atomic mass is 10.0. The van der Waals surface area contributed by atoms with E-state index in [0.29, 0.717) is 5.78 Å². The first kappa shape index (κ1) is 19.2. The Bertz CT molecular complexity index is 1440. The van der Waals surface area contributed by atoms with Gasteiger partial charge in [-0.25, -0.2) is 9.97 Å². The van der Waals surface area contributed by atoms with E-state index in [0.717, 1.165) is 47.8 Å². The summed E-state index contributed by atoms with van der Waals surface area (Å²) in [5.41, 5.74) is 7.23. The van der Waals surface area contributed by atoms with Crippen LogP contribution in [0.15, 0.2) is 61.1 Å². The fourth-order valence-electron chi connectivity index (χ4n) is 4.77. The summed E-state index contributed by atoms with van der Waals surface area (Å²) in [6, 6.07) is 14.6. The van der Waals surface area contributed by atoms with E-state index in [4.69, 9.17) is 14.7 Å². The Morgan fingerprint density at radius 1 is 1.03 bits per heavy atom. The van der Waals surface area contributed by atoms with Gasteiger partial charge in [-0.3, -0.25) is 9.38 Å². The van der Waals surface area contributed by atoms with Crippen LogP contribution in [0.4, 0.5) is 0 Å². The Kier molecular flexibility index (Phi) is 4.54. The summed E-state index contributed by atoms with van der Waals surface area (Å²) in [7, 11) is 0. The van der Waals surface area contributed by atoms with Gasteiger partial charge in [-0.2, -0.15) is 0 Å². The number of aromatic nitrogens is 5. The van der Waals surface area contributed by atoms with Crippen molar-refractivity contribution in [2.24, 2.45) is 0 Å². The highest BCUT2D eigenvalue weighted by atomic mass is 16.5. The van der Waals surface area contributed by atoms with Crippen LogP contribution < -0.4 is 0 Å². The van der Waals surface area contributed by atoms with Crippen molar-refractivity contribution in [2.45, 2.75) is 39.3 Å². The molecule has 1 fully saturated rings. The normalized spacial score (nSPS) is 16.8. The molecule has 1 saturated heterocycles. The van der Waals surface area contributed by atoms with Crippen LogP contribution >= 0.6 is 0 Å². The minimum absolute atomic E-state index is 0.123. The van der Waals surface area contributed by atoms with E-state index in [1.54, 1.807) is 6.20 Å². The maximum absolute atomic E-state index is 6.07. The van der Waals surface area contributed by atoms with E-state index >= 15 is 0 Å². The molecule has 0 radical (unpaired) electrons. The third-order valence-corrected chi connectivity index (χ3v) is 6.31. The first-order chi connectivity index (χ1) is 15.7. The van der Waals surface area contributed by atoms with Crippen molar-refractivity contribution in [2.75, 3.05) is 6.61 Å². The van der Waals surface area contributed by atoms with Crippen LogP contribution in [-0.2, 0) is 4.74 Å². The van der Waals surface area contributed by atoms with Gasteiger partial charge in [-0.05, 0) is 69.0 Å². The van der Waals surface area contributed by atoms with Gasteiger partial charge in [0, 0.05) is 41.8 Å². The zero-order chi connectivity index (χ0) is 21.7. The number of pyridine rings is 1. The zero-order valence-corrected chi connectivity index (χ0v) is 18.3. The van der Waals surface area contributed by atoms with Crippen molar-refractivity contribution in [3.63, 3.8) is 0 Å². The molecule has 1 atom stereocenters. The predicted molar refractivity (Wildman–Crippen MR) is 125 cm³/mol. The fourth-order valence-corrected chi connectivity index (χ4v) is 4.77. The van der Waals surface area contributed by atoms with Gasteiger partial charge >= 0.3 is 0 Å². The molecule has 1 unspecified atom stereocenters. The van der Waals surface area contributed by atoms with Crippen LogP contribution in [0.25, 0.3) is 39.3 Å². The van der Waals surface area contributed by atoms with E-state index in [-0.39, 0.29) is 6.23 Å². The fraction of sp³-hybridized carbons (Fsp3) is 0.269. The van der Waals surface area contributed by atoms with Crippen molar-refractivity contribution in [3.05, 3.63) is 72.3 Å². The minimum atomic E-state index is 0.123. The lowest BCUT2D eigenvalue weighted by Crippen LogP contribution is -2.17. The van der Waals surface area contributed by atoms with Gasteiger partial charge in [0.15, 0.2) is 0 Å². The van der Waals surface area contributed by atoms with Gasteiger partial charge in [0.1, 0.15) is 11.9 Å². The lowest BCUT2D eigenvalue weighted by molar-refractivity contribution is -0.0292. The van der Waals surface area contributed by atoms with Crippen LogP contribution in [0.3, 0.4) is 0 Å². The SMILES string of the molecule is Cc1cccc(-c2nc3ncccn3c2-c2ccc3c(c2)c(C)cn3C2CCCCO2)n1. The first-order valence-electron chi connectivity index (χ1n) is 11.2. The molecule has 6 rings (SSSR count). The van der Waals surface area contributed by atoms with Crippen LogP contribution in [0.5, 0.6) is 0 Å². The Hall–Kier alpha value is -3.51. The van der Waals surface area contributed by atoms with E-state index in [1.165, 1.54) is 22.9 Å². The lowest BCUT2D eigenvalue weighted by Gasteiger charge is -2.24. The van der Waals surface area contributed by atoms with Gasteiger partial charge in [0.2, 0.25) is 5.78 Å². The summed E-state index contributed by atoms with van der Waals surface area (Å²) in [6.07, 6.45) is 9.56. The van der Waals surface area contributed by atoms with Crippen molar-refractivity contribution in [1.82, 2.24) is 23.9 Å². The number of ether oxygens (including phenoxy) is 1. The summed E-state index contributed by atoms with van der Waals surface area (Å²) in [5.74, 6) is 0.672.